The predicted molar refractivity (Wildman–Crippen MR) is 74.1 cm³/mol. The molecule has 2 rings (SSSR count). The maximum atomic E-state index is 13.1. The van der Waals surface area contributed by atoms with Crippen LogP contribution in [-0.2, 0) is 6.61 Å². The second-order valence-electron chi connectivity index (χ2n) is 4.21. The van der Waals surface area contributed by atoms with Crippen molar-refractivity contribution in [2.45, 2.75) is 6.61 Å². The summed E-state index contributed by atoms with van der Waals surface area (Å²) in [6.45, 7) is -0.118. The Balaban J connectivity index is 2.28. The van der Waals surface area contributed by atoms with E-state index in [1.165, 1.54) is 19.2 Å². The number of halogens is 3. The molecule has 0 aliphatic rings. The van der Waals surface area contributed by atoms with Crippen molar-refractivity contribution in [1.29, 1.82) is 0 Å². The lowest BCUT2D eigenvalue weighted by Gasteiger charge is -2.13. The summed E-state index contributed by atoms with van der Waals surface area (Å²) < 4.78 is 36.7. The van der Waals surface area contributed by atoms with Crippen LogP contribution in [-0.4, -0.2) is 13.4 Å². The van der Waals surface area contributed by atoms with Gasteiger partial charge in [-0.1, -0.05) is 11.6 Å². The van der Waals surface area contributed by atoms with Crippen LogP contribution in [0.1, 0.15) is 15.9 Å². The van der Waals surface area contributed by atoms with Gasteiger partial charge in [0.15, 0.2) is 17.8 Å². The van der Waals surface area contributed by atoms with Crippen LogP contribution in [0.2, 0.25) is 5.02 Å². The molecule has 0 unspecified atom stereocenters. The van der Waals surface area contributed by atoms with Gasteiger partial charge in [0.25, 0.3) is 0 Å². The third-order valence-corrected chi connectivity index (χ3v) is 2.92. The second-order valence-corrected chi connectivity index (χ2v) is 4.65. The van der Waals surface area contributed by atoms with E-state index < -0.39 is 11.6 Å². The molecule has 0 amide bonds. The first-order chi connectivity index (χ1) is 10.0. The number of hydrogen-bond donors (Lipinski definition) is 0. The summed E-state index contributed by atoms with van der Waals surface area (Å²) in [4.78, 5) is 11.1. The molecule has 2 aromatic rings. The van der Waals surface area contributed by atoms with Crippen LogP contribution in [0.3, 0.4) is 0 Å². The van der Waals surface area contributed by atoms with Crippen LogP contribution in [0, 0.1) is 11.6 Å². The Hall–Kier alpha value is -2.14. The highest BCUT2D eigenvalue weighted by molar-refractivity contribution is 6.31. The third-order valence-electron chi connectivity index (χ3n) is 2.70. The van der Waals surface area contributed by atoms with Crippen molar-refractivity contribution >= 4 is 17.9 Å². The fourth-order valence-electron chi connectivity index (χ4n) is 1.83. The molecule has 0 N–H and O–H groups in total. The minimum Gasteiger partial charge on any atom is -0.493 e. The van der Waals surface area contributed by atoms with E-state index in [-0.39, 0.29) is 23.7 Å². The lowest BCUT2D eigenvalue weighted by molar-refractivity contribution is 0.111. The molecule has 0 aliphatic carbocycles. The molecule has 110 valence electrons. The largest absolute Gasteiger partial charge is 0.493 e. The van der Waals surface area contributed by atoms with Crippen molar-refractivity contribution < 1.29 is 23.0 Å². The van der Waals surface area contributed by atoms with Gasteiger partial charge in [0.05, 0.1) is 12.7 Å². The smallest absolute Gasteiger partial charge is 0.172 e. The average Bonchev–Trinajstić information content (AvgIpc) is 2.43. The van der Waals surface area contributed by atoms with Crippen molar-refractivity contribution in [1.82, 2.24) is 0 Å². The van der Waals surface area contributed by atoms with Gasteiger partial charge in [0, 0.05) is 17.2 Å². The summed E-state index contributed by atoms with van der Waals surface area (Å²) in [7, 11) is 1.40. The highest BCUT2D eigenvalue weighted by Crippen LogP contribution is 2.34. The van der Waals surface area contributed by atoms with E-state index in [1.54, 1.807) is 0 Å². The van der Waals surface area contributed by atoms with E-state index in [4.69, 9.17) is 21.1 Å². The minimum atomic E-state index is -0.702. The highest BCUT2D eigenvalue weighted by atomic mass is 35.5. The fourth-order valence-corrected chi connectivity index (χ4v) is 2.05. The summed E-state index contributed by atoms with van der Waals surface area (Å²) in [5.41, 5.74) is 0.484. The first-order valence-electron chi connectivity index (χ1n) is 5.94. The molecule has 0 saturated heterocycles. The Labute approximate surface area is 125 Å². The van der Waals surface area contributed by atoms with E-state index in [0.29, 0.717) is 16.9 Å². The summed E-state index contributed by atoms with van der Waals surface area (Å²) in [6, 6.07) is 5.95. The van der Waals surface area contributed by atoms with Crippen LogP contribution < -0.4 is 9.47 Å². The number of methoxy groups -OCH3 is 1. The Morgan fingerprint density at radius 1 is 1.14 bits per heavy atom. The Kier molecular flexibility index (Phi) is 4.75. The standard InChI is InChI=1S/C15H11ClF2O3/c1-20-14-5-11(16)4-10(7-19)15(14)21-8-9-2-12(17)6-13(18)3-9/h2-7H,8H2,1H3. The van der Waals surface area contributed by atoms with Gasteiger partial charge >= 0.3 is 0 Å². The molecule has 0 bridgehead atoms. The van der Waals surface area contributed by atoms with Crippen LogP contribution in [0.4, 0.5) is 8.78 Å². The third kappa shape index (κ3) is 3.70. The van der Waals surface area contributed by atoms with Gasteiger partial charge in [-0.15, -0.1) is 0 Å². The summed E-state index contributed by atoms with van der Waals surface area (Å²) in [5.74, 6) is -0.970. The molecule has 0 aliphatic heterocycles. The van der Waals surface area contributed by atoms with Crippen LogP contribution in [0.15, 0.2) is 30.3 Å². The van der Waals surface area contributed by atoms with Crippen LogP contribution >= 0.6 is 11.6 Å². The zero-order valence-electron chi connectivity index (χ0n) is 11.0. The number of rotatable bonds is 5. The maximum absolute atomic E-state index is 13.1. The fraction of sp³-hybridized carbons (Fsp3) is 0.133. The minimum absolute atomic E-state index is 0.118. The molecule has 0 spiro atoms. The van der Waals surface area contributed by atoms with Crippen LogP contribution in [0.5, 0.6) is 11.5 Å². The number of aldehydes is 1. The Morgan fingerprint density at radius 3 is 2.38 bits per heavy atom. The van der Waals surface area contributed by atoms with E-state index in [1.807, 2.05) is 0 Å². The molecule has 21 heavy (non-hydrogen) atoms. The summed E-state index contributed by atoms with van der Waals surface area (Å²) in [6.07, 6.45) is 0.565. The van der Waals surface area contributed by atoms with Gasteiger partial charge in [0.2, 0.25) is 0 Å². The zero-order chi connectivity index (χ0) is 15.4. The van der Waals surface area contributed by atoms with Crippen molar-refractivity contribution in [3.05, 3.63) is 58.1 Å². The van der Waals surface area contributed by atoms with E-state index in [9.17, 15) is 13.6 Å². The maximum Gasteiger partial charge on any atom is 0.172 e. The number of carbonyl (C=O) groups excluding carboxylic acids is 1. The molecule has 2 aromatic carbocycles. The Morgan fingerprint density at radius 2 is 1.81 bits per heavy atom. The number of hydrogen-bond acceptors (Lipinski definition) is 3. The lowest BCUT2D eigenvalue weighted by atomic mass is 10.2. The normalized spacial score (nSPS) is 10.3. The molecule has 6 heteroatoms. The van der Waals surface area contributed by atoms with Gasteiger partial charge in [-0.05, 0) is 23.8 Å². The highest BCUT2D eigenvalue weighted by Gasteiger charge is 2.13. The number of carbonyl (C=O) groups is 1. The SMILES string of the molecule is COc1cc(Cl)cc(C=O)c1OCc1cc(F)cc(F)c1. The summed E-state index contributed by atoms with van der Waals surface area (Å²) >= 11 is 5.84. The predicted octanol–water partition coefficient (Wildman–Crippen LogP) is 4.02. The number of benzene rings is 2. The van der Waals surface area contributed by atoms with Gasteiger partial charge < -0.3 is 9.47 Å². The first-order valence-corrected chi connectivity index (χ1v) is 6.31. The molecule has 0 aromatic heterocycles. The van der Waals surface area contributed by atoms with Gasteiger partial charge in [0.1, 0.15) is 18.2 Å². The van der Waals surface area contributed by atoms with E-state index in [2.05, 4.69) is 0 Å². The first kappa shape index (κ1) is 15.3. The van der Waals surface area contributed by atoms with Crippen molar-refractivity contribution in [2.75, 3.05) is 7.11 Å². The lowest BCUT2D eigenvalue weighted by Crippen LogP contribution is -2.02. The molecule has 0 saturated carbocycles. The van der Waals surface area contributed by atoms with Crippen LogP contribution in [0.25, 0.3) is 0 Å². The second kappa shape index (κ2) is 6.54. The van der Waals surface area contributed by atoms with Crippen molar-refractivity contribution in [2.24, 2.45) is 0 Å². The molecular formula is C15H11ClF2O3. The molecular weight excluding hydrogens is 302 g/mol. The molecule has 0 fully saturated rings. The van der Waals surface area contributed by atoms with Crippen molar-refractivity contribution in [3.63, 3.8) is 0 Å². The van der Waals surface area contributed by atoms with Gasteiger partial charge in [-0.2, -0.15) is 0 Å². The van der Waals surface area contributed by atoms with E-state index in [0.717, 1.165) is 18.2 Å². The molecule has 0 atom stereocenters. The monoisotopic (exact) mass is 312 g/mol. The average molecular weight is 313 g/mol. The molecule has 3 nitrogen and oxygen atoms in total. The topological polar surface area (TPSA) is 35.5 Å². The molecule has 0 heterocycles. The quantitative estimate of drug-likeness (QED) is 0.782. The number of ether oxygens (including phenoxy) is 2. The Bertz CT molecular complexity index is 654. The van der Waals surface area contributed by atoms with Crippen molar-refractivity contribution in [3.8, 4) is 11.5 Å². The van der Waals surface area contributed by atoms with Gasteiger partial charge in [-0.3, -0.25) is 4.79 Å². The van der Waals surface area contributed by atoms with E-state index >= 15 is 0 Å². The van der Waals surface area contributed by atoms with Gasteiger partial charge in [-0.25, -0.2) is 8.78 Å². The summed E-state index contributed by atoms with van der Waals surface area (Å²) in [5, 5.41) is 0.318. The zero-order valence-corrected chi connectivity index (χ0v) is 11.8. The molecule has 0 radical (unpaired) electrons.